The third-order valence-corrected chi connectivity index (χ3v) is 8.06. The third-order valence-electron chi connectivity index (χ3n) is 7.07. The number of amides is 1. The molecule has 282 valence electrons. The maximum atomic E-state index is 12.7. The van der Waals surface area contributed by atoms with Crippen LogP contribution < -0.4 is 11.1 Å². The molecule has 0 aromatic rings. The minimum atomic E-state index is -4.37. The highest BCUT2D eigenvalue weighted by molar-refractivity contribution is 7.47. The predicted octanol–water partition coefficient (Wildman–Crippen LogP) is 9.82. The number of aliphatic hydroxyl groups excluding tert-OH is 1. The molecule has 0 aliphatic heterocycles. The van der Waals surface area contributed by atoms with Crippen molar-refractivity contribution in [2.45, 2.75) is 122 Å². The first kappa shape index (κ1) is 47.2. The zero-order valence-corrected chi connectivity index (χ0v) is 31.7. The predicted molar refractivity (Wildman–Crippen MR) is 212 cm³/mol. The number of nitrogens with one attached hydrogen (secondary N) is 1. The molecule has 0 aliphatic carbocycles. The molecular weight excluding hydrogens is 647 g/mol. The van der Waals surface area contributed by atoms with Crippen molar-refractivity contribution in [1.82, 2.24) is 5.32 Å². The van der Waals surface area contributed by atoms with Gasteiger partial charge in [-0.1, -0.05) is 136 Å². The molecule has 0 saturated carbocycles. The lowest BCUT2D eigenvalue weighted by molar-refractivity contribution is -0.122. The molecule has 0 heterocycles. The van der Waals surface area contributed by atoms with Crippen LogP contribution in [0.3, 0.4) is 0 Å². The Hall–Kier alpha value is -2.84. The van der Waals surface area contributed by atoms with Crippen molar-refractivity contribution in [3.8, 4) is 0 Å². The molecule has 1 amide bonds. The van der Waals surface area contributed by atoms with Gasteiger partial charge >= 0.3 is 7.82 Å². The van der Waals surface area contributed by atoms with Crippen LogP contribution in [0.2, 0.25) is 0 Å². The van der Waals surface area contributed by atoms with E-state index in [1.807, 2.05) is 18.2 Å². The van der Waals surface area contributed by atoms with Gasteiger partial charge in [0, 0.05) is 13.0 Å². The van der Waals surface area contributed by atoms with Gasteiger partial charge in [0.15, 0.2) is 0 Å². The maximum absolute atomic E-state index is 12.7. The van der Waals surface area contributed by atoms with Crippen LogP contribution in [0.25, 0.3) is 0 Å². The number of rotatable bonds is 32. The van der Waals surface area contributed by atoms with Crippen molar-refractivity contribution in [3.63, 3.8) is 0 Å². The lowest BCUT2D eigenvalue weighted by Gasteiger charge is -2.23. The van der Waals surface area contributed by atoms with E-state index in [1.54, 1.807) is 6.08 Å². The molecule has 8 nitrogen and oxygen atoms in total. The molecule has 0 aromatic carbocycles. The van der Waals surface area contributed by atoms with Gasteiger partial charge in [0.05, 0.1) is 25.4 Å². The largest absolute Gasteiger partial charge is 0.472 e. The second-order valence-corrected chi connectivity index (χ2v) is 13.1. The quantitative estimate of drug-likeness (QED) is 0.0310. The fraction of sp³-hybridized carbons (Fsp3) is 0.537. The highest BCUT2D eigenvalue weighted by Crippen LogP contribution is 2.43. The first-order chi connectivity index (χ1) is 24.4. The number of hydrogen-bond acceptors (Lipinski definition) is 6. The summed E-state index contributed by atoms with van der Waals surface area (Å²) in [5.74, 6) is -0.298. The molecule has 9 heteroatoms. The number of carbonyl (C=O) groups excluding carboxylic acids is 1. The van der Waals surface area contributed by atoms with E-state index in [2.05, 4.69) is 104 Å². The average Bonchev–Trinajstić information content (AvgIpc) is 3.10. The van der Waals surface area contributed by atoms with Crippen LogP contribution in [0.4, 0.5) is 0 Å². The standard InChI is InChI=1S/C41H67N2O6P/c1-3-5-7-9-11-13-15-17-18-19-20-21-22-23-25-27-29-31-33-35-41(45)43-39(38-49-50(46,47)48-37-36-42)40(44)34-32-30-28-26-24-16-14-12-10-8-6-4-2/h5,7,10-13,17-18,20-21,23-26,29,31-32,34,39-40,44H,3-4,6,8-9,14-16,19,22,27-28,30,33,35-38,42H2,1-2H3,(H,43,45)(H,46,47)/b7-5-,12-10+,13-11-,18-17-,21-20-,25-23-,26-24+,31-29-,34-32+. The van der Waals surface area contributed by atoms with Gasteiger partial charge in [0.25, 0.3) is 0 Å². The van der Waals surface area contributed by atoms with Gasteiger partial charge in [-0.25, -0.2) is 4.57 Å². The van der Waals surface area contributed by atoms with Crippen molar-refractivity contribution in [2.24, 2.45) is 5.73 Å². The van der Waals surface area contributed by atoms with Crippen LogP contribution in [-0.4, -0.2) is 47.8 Å². The normalized spacial score (nSPS) is 15.5. The monoisotopic (exact) mass is 714 g/mol. The summed E-state index contributed by atoms with van der Waals surface area (Å²) in [6, 6.07) is -0.930. The molecule has 0 fully saturated rings. The highest BCUT2D eigenvalue weighted by Gasteiger charge is 2.26. The van der Waals surface area contributed by atoms with Crippen LogP contribution >= 0.6 is 7.82 Å². The molecule has 3 unspecified atom stereocenters. The number of nitrogens with two attached hydrogens (primary N) is 1. The summed E-state index contributed by atoms with van der Waals surface area (Å²) in [6.45, 7) is 3.83. The van der Waals surface area contributed by atoms with Crippen LogP contribution in [0, 0.1) is 0 Å². The van der Waals surface area contributed by atoms with Gasteiger partial charge < -0.3 is 21.1 Å². The second kappa shape index (κ2) is 36.0. The van der Waals surface area contributed by atoms with Crippen molar-refractivity contribution in [2.75, 3.05) is 19.8 Å². The first-order valence-corrected chi connectivity index (χ1v) is 20.0. The molecule has 0 aliphatic rings. The molecule has 0 spiro atoms. The minimum absolute atomic E-state index is 0.0537. The lowest BCUT2D eigenvalue weighted by atomic mass is 10.1. The summed E-state index contributed by atoms with van der Waals surface area (Å²) in [4.78, 5) is 22.5. The first-order valence-electron chi connectivity index (χ1n) is 18.5. The number of allylic oxidation sites excluding steroid dienone is 17. The van der Waals surface area contributed by atoms with Gasteiger partial charge in [0.2, 0.25) is 5.91 Å². The minimum Gasteiger partial charge on any atom is -0.387 e. The van der Waals surface area contributed by atoms with Gasteiger partial charge in [-0.05, 0) is 77.0 Å². The van der Waals surface area contributed by atoms with Crippen molar-refractivity contribution >= 4 is 13.7 Å². The Morgan fingerprint density at radius 1 is 0.680 bits per heavy atom. The zero-order valence-electron chi connectivity index (χ0n) is 30.8. The summed E-state index contributed by atoms with van der Waals surface area (Å²) in [7, 11) is -4.37. The van der Waals surface area contributed by atoms with Gasteiger partial charge in [-0.15, -0.1) is 0 Å². The summed E-state index contributed by atoms with van der Waals surface area (Å²) in [6.07, 6.45) is 50.1. The molecular formula is C41H67N2O6P. The number of aliphatic hydroxyl groups is 1. The Balaban J connectivity index is 4.55. The molecule has 50 heavy (non-hydrogen) atoms. The Morgan fingerprint density at radius 3 is 1.64 bits per heavy atom. The Labute approximate surface area is 304 Å². The lowest BCUT2D eigenvalue weighted by Crippen LogP contribution is -2.45. The Bertz CT molecular complexity index is 1140. The summed E-state index contributed by atoms with van der Waals surface area (Å²) < 4.78 is 22.0. The molecule has 5 N–H and O–H groups in total. The number of hydrogen-bond donors (Lipinski definition) is 4. The topological polar surface area (TPSA) is 131 Å². The molecule has 0 rings (SSSR count). The van der Waals surface area contributed by atoms with E-state index >= 15 is 0 Å². The summed E-state index contributed by atoms with van der Waals surface area (Å²) >= 11 is 0. The average molecular weight is 715 g/mol. The van der Waals surface area contributed by atoms with Gasteiger partial charge in [0.1, 0.15) is 0 Å². The SMILES string of the molecule is CC/C=C\C/C=C\C/C=C\C/C=C\C/C=C\C/C=C\CCC(=O)NC(COP(=O)(O)OCCN)C(O)/C=C/CC/C=C/CC/C=C/CCCC. The highest BCUT2D eigenvalue weighted by atomic mass is 31.2. The molecule has 3 atom stereocenters. The number of phosphoric ester groups is 1. The van der Waals surface area contributed by atoms with Crippen molar-refractivity contribution < 1.29 is 28.4 Å². The fourth-order valence-electron chi connectivity index (χ4n) is 4.29. The Morgan fingerprint density at radius 2 is 1.14 bits per heavy atom. The molecule has 0 radical (unpaired) electrons. The van der Waals surface area contributed by atoms with Crippen LogP contribution in [-0.2, 0) is 18.4 Å². The van der Waals surface area contributed by atoms with E-state index < -0.39 is 26.6 Å². The number of phosphoric acid groups is 1. The third kappa shape index (κ3) is 33.6. The maximum Gasteiger partial charge on any atom is 0.472 e. The van der Waals surface area contributed by atoms with E-state index in [-0.39, 0.29) is 25.5 Å². The number of unbranched alkanes of at least 4 members (excludes halogenated alkanes) is 4. The van der Waals surface area contributed by atoms with E-state index in [4.69, 9.17) is 14.8 Å². The smallest absolute Gasteiger partial charge is 0.387 e. The Kier molecular flexibility index (Phi) is 33.9. The van der Waals surface area contributed by atoms with Crippen molar-refractivity contribution in [1.29, 1.82) is 0 Å². The van der Waals surface area contributed by atoms with Crippen molar-refractivity contribution in [3.05, 3.63) is 109 Å². The van der Waals surface area contributed by atoms with Crippen LogP contribution in [0.5, 0.6) is 0 Å². The van der Waals surface area contributed by atoms with E-state index in [0.717, 1.165) is 64.2 Å². The fourth-order valence-corrected chi connectivity index (χ4v) is 5.05. The zero-order chi connectivity index (χ0) is 36.8. The molecule has 0 aromatic heterocycles. The van der Waals surface area contributed by atoms with E-state index in [0.29, 0.717) is 12.8 Å². The molecule has 0 saturated heterocycles. The number of carbonyl (C=O) groups is 1. The van der Waals surface area contributed by atoms with Crippen LogP contribution in [0.15, 0.2) is 109 Å². The van der Waals surface area contributed by atoms with E-state index in [9.17, 15) is 19.4 Å². The summed E-state index contributed by atoms with van der Waals surface area (Å²) in [5, 5.41) is 13.5. The second-order valence-electron chi connectivity index (χ2n) is 11.7. The van der Waals surface area contributed by atoms with Gasteiger partial charge in [-0.3, -0.25) is 13.8 Å². The van der Waals surface area contributed by atoms with Crippen LogP contribution in [0.1, 0.15) is 110 Å². The van der Waals surface area contributed by atoms with Gasteiger partial charge in [-0.2, -0.15) is 0 Å². The molecule has 0 bridgehead atoms. The summed E-state index contributed by atoms with van der Waals surface area (Å²) in [5.41, 5.74) is 5.34. The van der Waals surface area contributed by atoms with E-state index in [1.165, 1.54) is 12.8 Å².